The Morgan fingerprint density at radius 3 is 2.05 bits per heavy atom. The molecule has 216 valence electrons. The molecule has 3 amide bonds. The molecule has 1 fully saturated rings. The maximum absolute atomic E-state index is 12.9. The molecule has 0 aromatic heterocycles. The summed E-state index contributed by atoms with van der Waals surface area (Å²) < 4.78 is 0. The van der Waals surface area contributed by atoms with E-state index in [0.29, 0.717) is 35.7 Å². The fourth-order valence-electron chi connectivity index (χ4n) is 5.38. The van der Waals surface area contributed by atoms with Gasteiger partial charge in [-0.05, 0) is 104 Å². The summed E-state index contributed by atoms with van der Waals surface area (Å²) in [5, 5.41) is 8.91. The van der Waals surface area contributed by atoms with E-state index in [9.17, 15) is 14.4 Å². The Kier molecular flexibility index (Phi) is 10.7. The fourth-order valence-corrected chi connectivity index (χ4v) is 5.38. The van der Waals surface area contributed by atoms with Crippen LogP contribution in [0.5, 0.6) is 0 Å². The highest BCUT2D eigenvalue weighted by Gasteiger charge is 2.18. The summed E-state index contributed by atoms with van der Waals surface area (Å²) in [6.07, 6.45) is 5.32. The Labute approximate surface area is 243 Å². The van der Waals surface area contributed by atoms with Gasteiger partial charge in [0.25, 0.3) is 11.8 Å². The average Bonchev–Trinajstić information content (AvgIpc) is 3.49. The van der Waals surface area contributed by atoms with Gasteiger partial charge in [-0.3, -0.25) is 14.4 Å². The van der Waals surface area contributed by atoms with Gasteiger partial charge in [0.2, 0.25) is 5.91 Å². The molecule has 1 aliphatic rings. The number of rotatable bonds is 12. The molecule has 3 aromatic rings. The van der Waals surface area contributed by atoms with Gasteiger partial charge in [0.05, 0.1) is 0 Å². The Morgan fingerprint density at radius 2 is 1.39 bits per heavy atom. The first-order chi connectivity index (χ1) is 19.9. The number of anilines is 2. The molecular weight excluding hydrogens is 512 g/mol. The molecule has 0 saturated heterocycles. The maximum atomic E-state index is 12.9. The first-order valence-corrected chi connectivity index (χ1v) is 14.8. The van der Waals surface area contributed by atoms with Crippen LogP contribution in [0.15, 0.2) is 66.7 Å². The van der Waals surface area contributed by atoms with Gasteiger partial charge in [-0.1, -0.05) is 44.9 Å². The van der Waals surface area contributed by atoms with E-state index in [4.69, 9.17) is 0 Å². The second-order valence-corrected chi connectivity index (χ2v) is 10.8. The number of amides is 3. The Bertz CT molecular complexity index is 1330. The number of hydrogen-bond acceptors (Lipinski definition) is 4. The number of hydrogen-bond donors (Lipinski definition) is 3. The number of carbonyl (C=O) groups is 3. The molecule has 0 heterocycles. The molecule has 0 radical (unpaired) electrons. The molecule has 7 heteroatoms. The SMILES string of the molecule is CCN(CC)CCNC(=O)c1ccc(NC(=O)c2ccc(-c3cc(NC(=O)CC4CCCC4)ccc3C)cc2)cc1. The van der Waals surface area contributed by atoms with Crippen LogP contribution in [0.3, 0.4) is 0 Å². The lowest BCUT2D eigenvalue weighted by molar-refractivity contribution is -0.117. The van der Waals surface area contributed by atoms with Gasteiger partial charge < -0.3 is 20.9 Å². The summed E-state index contributed by atoms with van der Waals surface area (Å²) in [5.74, 6) is 0.224. The standard InChI is InChI=1S/C34H42N4O3/c1-4-38(5-2)21-20-35-33(40)27-15-18-29(19-16-27)37-34(41)28-13-11-26(12-14-28)31-23-30(17-10-24(31)3)36-32(39)22-25-8-6-7-9-25/h10-19,23,25H,4-9,20-22H2,1-3H3,(H,35,40)(H,36,39)(H,37,41). The molecule has 3 N–H and O–H groups in total. The maximum Gasteiger partial charge on any atom is 0.255 e. The van der Waals surface area contributed by atoms with Crippen molar-refractivity contribution in [2.45, 2.75) is 52.9 Å². The minimum absolute atomic E-state index is 0.0719. The van der Waals surface area contributed by atoms with Crippen molar-refractivity contribution in [2.75, 3.05) is 36.8 Å². The third-order valence-electron chi connectivity index (χ3n) is 7.94. The molecule has 0 atom stereocenters. The second-order valence-electron chi connectivity index (χ2n) is 10.8. The molecule has 0 unspecified atom stereocenters. The van der Waals surface area contributed by atoms with Crippen LogP contribution in [0.1, 0.15) is 72.2 Å². The van der Waals surface area contributed by atoms with Gasteiger partial charge in [0.15, 0.2) is 0 Å². The summed E-state index contributed by atoms with van der Waals surface area (Å²) in [4.78, 5) is 40.1. The molecule has 1 aliphatic carbocycles. The Balaban J connectivity index is 1.33. The number of nitrogens with zero attached hydrogens (tertiary/aromatic N) is 1. The molecule has 1 saturated carbocycles. The summed E-state index contributed by atoms with van der Waals surface area (Å²) in [6.45, 7) is 9.56. The molecule has 4 rings (SSSR count). The van der Waals surface area contributed by atoms with Crippen molar-refractivity contribution >= 4 is 29.1 Å². The minimum atomic E-state index is -0.224. The van der Waals surface area contributed by atoms with Gasteiger partial charge in [0.1, 0.15) is 0 Å². The fraction of sp³-hybridized carbons (Fsp3) is 0.382. The van der Waals surface area contributed by atoms with E-state index >= 15 is 0 Å². The van der Waals surface area contributed by atoms with Crippen molar-refractivity contribution in [2.24, 2.45) is 5.92 Å². The van der Waals surface area contributed by atoms with Crippen LogP contribution >= 0.6 is 0 Å². The number of benzene rings is 3. The number of nitrogens with one attached hydrogen (secondary N) is 3. The van der Waals surface area contributed by atoms with Crippen molar-refractivity contribution in [3.8, 4) is 11.1 Å². The number of carbonyl (C=O) groups excluding carboxylic acids is 3. The van der Waals surface area contributed by atoms with Crippen molar-refractivity contribution in [3.05, 3.63) is 83.4 Å². The number of likely N-dealkylation sites (N-methyl/N-ethyl adjacent to an activating group) is 1. The zero-order valence-electron chi connectivity index (χ0n) is 24.5. The van der Waals surface area contributed by atoms with E-state index in [1.807, 2.05) is 37.3 Å². The van der Waals surface area contributed by atoms with Crippen molar-refractivity contribution in [1.82, 2.24) is 10.2 Å². The zero-order chi connectivity index (χ0) is 29.2. The van der Waals surface area contributed by atoms with Crippen LogP contribution in [-0.4, -0.2) is 48.8 Å². The molecule has 0 bridgehead atoms. The lowest BCUT2D eigenvalue weighted by Crippen LogP contribution is -2.34. The Morgan fingerprint density at radius 1 is 0.780 bits per heavy atom. The van der Waals surface area contributed by atoms with Crippen LogP contribution in [0.25, 0.3) is 11.1 Å². The molecule has 0 spiro atoms. The second kappa shape index (κ2) is 14.6. The molecule has 7 nitrogen and oxygen atoms in total. The molecule has 41 heavy (non-hydrogen) atoms. The third-order valence-corrected chi connectivity index (χ3v) is 7.94. The largest absolute Gasteiger partial charge is 0.351 e. The average molecular weight is 555 g/mol. The van der Waals surface area contributed by atoms with Gasteiger partial charge in [-0.2, -0.15) is 0 Å². The van der Waals surface area contributed by atoms with Crippen molar-refractivity contribution < 1.29 is 14.4 Å². The van der Waals surface area contributed by atoms with Gasteiger partial charge in [-0.15, -0.1) is 0 Å². The van der Waals surface area contributed by atoms with E-state index in [1.54, 1.807) is 36.4 Å². The summed E-state index contributed by atoms with van der Waals surface area (Å²) >= 11 is 0. The summed E-state index contributed by atoms with van der Waals surface area (Å²) in [5.41, 5.74) is 5.58. The quantitative estimate of drug-likeness (QED) is 0.238. The van der Waals surface area contributed by atoms with Crippen molar-refractivity contribution in [3.63, 3.8) is 0 Å². The smallest absolute Gasteiger partial charge is 0.255 e. The van der Waals surface area contributed by atoms with E-state index in [0.717, 1.165) is 54.9 Å². The lowest BCUT2D eigenvalue weighted by atomic mass is 9.98. The van der Waals surface area contributed by atoms with E-state index in [-0.39, 0.29) is 17.7 Å². The first kappa shape index (κ1) is 30.0. The highest BCUT2D eigenvalue weighted by atomic mass is 16.2. The predicted octanol–water partition coefficient (Wildman–Crippen LogP) is 6.50. The van der Waals surface area contributed by atoms with Crippen molar-refractivity contribution in [1.29, 1.82) is 0 Å². The normalized spacial score (nSPS) is 13.3. The van der Waals surface area contributed by atoms with Crippen LogP contribution in [0.2, 0.25) is 0 Å². The third kappa shape index (κ3) is 8.51. The molecule has 0 aliphatic heterocycles. The van der Waals surface area contributed by atoms with Gasteiger partial charge in [0, 0.05) is 42.0 Å². The first-order valence-electron chi connectivity index (χ1n) is 14.8. The highest BCUT2D eigenvalue weighted by molar-refractivity contribution is 6.05. The molecule has 3 aromatic carbocycles. The Hall–Kier alpha value is -3.97. The zero-order valence-corrected chi connectivity index (χ0v) is 24.5. The van der Waals surface area contributed by atoms with Gasteiger partial charge >= 0.3 is 0 Å². The number of aryl methyl sites for hydroxylation is 1. The van der Waals surface area contributed by atoms with E-state index < -0.39 is 0 Å². The minimum Gasteiger partial charge on any atom is -0.351 e. The predicted molar refractivity (Wildman–Crippen MR) is 166 cm³/mol. The summed E-state index contributed by atoms with van der Waals surface area (Å²) in [6, 6.07) is 20.3. The summed E-state index contributed by atoms with van der Waals surface area (Å²) in [7, 11) is 0. The lowest BCUT2D eigenvalue weighted by Gasteiger charge is -2.18. The van der Waals surface area contributed by atoms with Gasteiger partial charge in [-0.25, -0.2) is 0 Å². The van der Waals surface area contributed by atoms with Crippen LogP contribution in [-0.2, 0) is 4.79 Å². The van der Waals surface area contributed by atoms with Crippen LogP contribution < -0.4 is 16.0 Å². The van der Waals surface area contributed by atoms with E-state index in [1.165, 1.54) is 12.8 Å². The molecular formula is C34H42N4O3. The van der Waals surface area contributed by atoms with E-state index in [2.05, 4.69) is 34.7 Å². The monoisotopic (exact) mass is 554 g/mol. The van der Waals surface area contributed by atoms with Crippen LogP contribution in [0, 0.1) is 12.8 Å². The topological polar surface area (TPSA) is 90.5 Å². The highest BCUT2D eigenvalue weighted by Crippen LogP contribution is 2.30. The van der Waals surface area contributed by atoms with Crippen LogP contribution in [0.4, 0.5) is 11.4 Å².